The first kappa shape index (κ1) is 18.8. The maximum atomic E-state index is 12.4. The van der Waals surface area contributed by atoms with Crippen LogP contribution in [0.15, 0.2) is 43.0 Å². The Hall–Kier alpha value is -3.57. The van der Waals surface area contributed by atoms with Crippen LogP contribution in [0.5, 0.6) is 0 Å². The first-order chi connectivity index (χ1) is 14.0. The highest BCUT2D eigenvalue weighted by atomic mass is 16.6. The van der Waals surface area contributed by atoms with E-state index in [1.807, 2.05) is 6.07 Å². The molecule has 150 valence electrons. The van der Waals surface area contributed by atoms with Gasteiger partial charge in [0.05, 0.1) is 18.8 Å². The number of nitrogens with two attached hydrogens (primary N) is 1. The van der Waals surface area contributed by atoms with E-state index in [0.29, 0.717) is 5.52 Å². The molecule has 0 saturated carbocycles. The smallest absolute Gasteiger partial charge is 0.335 e. The van der Waals surface area contributed by atoms with Gasteiger partial charge < -0.3 is 26.0 Å². The Kier molecular flexibility index (Phi) is 4.82. The number of carboxylic acids is 1. The van der Waals surface area contributed by atoms with Gasteiger partial charge in [0.2, 0.25) is 5.91 Å². The number of aliphatic carboxylic acids is 1. The first-order valence-corrected chi connectivity index (χ1v) is 8.78. The number of rotatable bonds is 5. The molecule has 2 aromatic heterocycles. The number of benzene rings is 1. The average molecular weight is 398 g/mol. The van der Waals surface area contributed by atoms with Crippen molar-refractivity contribution in [3.05, 3.63) is 48.5 Å². The van der Waals surface area contributed by atoms with Crippen LogP contribution in [0.3, 0.4) is 0 Å². The number of nitrogens with zero attached hydrogens (tertiary/aromatic N) is 4. The lowest BCUT2D eigenvalue weighted by atomic mass is 10.1. The van der Waals surface area contributed by atoms with Crippen molar-refractivity contribution in [1.29, 1.82) is 0 Å². The van der Waals surface area contributed by atoms with Crippen LogP contribution in [0.4, 0.5) is 5.82 Å². The molecule has 5 N–H and O–H groups in total. The molecule has 1 saturated heterocycles. The summed E-state index contributed by atoms with van der Waals surface area (Å²) >= 11 is 0. The molecule has 11 heteroatoms. The van der Waals surface area contributed by atoms with Crippen LogP contribution in [0.25, 0.3) is 11.2 Å². The fraction of sp³-hybridized carbons (Fsp3) is 0.278. The SMILES string of the molecule is Nc1ncnc2c1ncn2C1OC(C(=O)O)C(NC(=O)Cc2ccccc2)C1O. The number of amides is 1. The number of ether oxygens (including phenoxy) is 1. The van der Waals surface area contributed by atoms with Gasteiger partial charge in [-0.05, 0) is 5.56 Å². The number of aliphatic hydroxyl groups is 1. The fourth-order valence-corrected chi connectivity index (χ4v) is 3.35. The van der Waals surface area contributed by atoms with Crippen LogP contribution in [0, 0.1) is 0 Å². The molecule has 1 fully saturated rings. The summed E-state index contributed by atoms with van der Waals surface area (Å²) in [6.45, 7) is 0. The highest BCUT2D eigenvalue weighted by Gasteiger charge is 2.49. The number of fused-ring (bicyclic) bond motifs is 1. The molecule has 0 spiro atoms. The Labute approximate surface area is 164 Å². The Balaban J connectivity index is 1.58. The average Bonchev–Trinajstić information content (AvgIpc) is 3.25. The second-order valence-corrected chi connectivity index (χ2v) is 6.61. The van der Waals surface area contributed by atoms with Gasteiger partial charge in [0, 0.05) is 0 Å². The zero-order chi connectivity index (χ0) is 20.5. The lowest BCUT2D eigenvalue weighted by Gasteiger charge is -2.20. The van der Waals surface area contributed by atoms with Gasteiger partial charge >= 0.3 is 5.97 Å². The Bertz CT molecular complexity index is 1060. The predicted molar refractivity (Wildman–Crippen MR) is 99.4 cm³/mol. The lowest BCUT2D eigenvalue weighted by molar-refractivity contribution is -0.152. The predicted octanol–water partition coefficient (Wildman–Crippen LogP) is -0.521. The molecular weight excluding hydrogens is 380 g/mol. The number of carboxylic acid groups (broad SMARTS) is 1. The minimum Gasteiger partial charge on any atom is -0.479 e. The third kappa shape index (κ3) is 3.48. The van der Waals surface area contributed by atoms with Gasteiger partial charge in [0.1, 0.15) is 17.9 Å². The molecule has 1 aromatic carbocycles. The van der Waals surface area contributed by atoms with E-state index in [4.69, 9.17) is 10.5 Å². The molecular formula is C18H18N6O5. The van der Waals surface area contributed by atoms with E-state index in [1.54, 1.807) is 24.3 Å². The molecule has 3 heterocycles. The van der Waals surface area contributed by atoms with Crippen LogP contribution in [-0.4, -0.2) is 59.9 Å². The van der Waals surface area contributed by atoms with Gasteiger partial charge in [-0.3, -0.25) is 9.36 Å². The van der Waals surface area contributed by atoms with E-state index in [2.05, 4.69) is 20.3 Å². The first-order valence-electron chi connectivity index (χ1n) is 8.78. The zero-order valence-electron chi connectivity index (χ0n) is 15.0. The normalized spacial score (nSPS) is 23.9. The van der Waals surface area contributed by atoms with Gasteiger partial charge in [0.25, 0.3) is 0 Å². The lowest BCUT2D eigenvalue weighted by Crippen LogP contribution is -2.50. The van der Waals surface area contributed by atoms with Gasteiger partial charge in [-0.2, -0.15) is 0 Å². The van der Waals surface area contributed by atoms with Crippen molar-refractivity contribution in [1.82, 2.24) is 24.8 Å². The summed E-state index contributed by atoms with van der Waals surface area (Å²) in [4.78, 5) is 36.1. The molecule has 4 unspecified atom stereocenters. The number of carbonyl (C=O) groups excluding carboxylic acids is 1. The summed E-state index contributed by atoms with van der Waals surface area (Å²) in [6, 6.07) is 7.81. The summed E-state index contributed by atoms with van der Waals surface area (Å²) in [5.74, 6) is -1.60. The Morgan fingerprint density at radius 3 is 2.69 bits per heavy atom. The minimum absolute atomic E-state index is 0.0405. The van der Waals surface area contributed by atoms with Gasteiger partial charge in [0.15, 0.2) is 23.8 Å². The third-order valence-corrected chi connectivity index (χ3v) is 4.71. The number of aromatic nitrogens is 4. The number of anilines is 1. The molecule has 3 aromatic rings. The second kappa shape index (κ2) is 7.45. The number of aliphatic hydroxyl groups excluding tert-OH is 1. The van der Waals surface area contributed by atoms with Gasteiger partial charge in [-0.15, -0.1) is 0 Å². The second-order valence-electron chi connectivity index (χ2n) is 6.61. The van der Waals surface area contributed by atoms with Crippen molar-refractivity contribution in [2.75, 3.05) is 5.73 Å². The van der Waals surface area contributed by atoms with Gasteiger partial charge in [-0.1, -0.05) is 30.3 Å². The van der Waals surface area contributed by atoms with Gasteiger partial charge in [-0.25, -0.2) is 19.7 Å². The van der Waals surface area contributed by atoms with Crippen LogP contribution in [0.2, 0.25) is 0 Å². The van der Waals surface area contributed by atoms with Crippen LogP contribution in [-0.2, 0) is 20.7 Å². The van der Waals surface area contributed by atoms with E-state index >= 15 is 0 Å². The van der Waals surface area contributed by atoms with E-state index < -0.39 is 36.4 Å². The summed E-state index contributed by atoms with van der Waals surface area (Å²) in [5.41, 5.74) is 7.10. The summed E-state index contributed by atoms with van der Waals surface area (Å²) in [5, 5.41) is 22.9. The number of hydrogen-bond acceptors (Lipinski definition) is 8. The highest BCUT2D eigenvalue weighted by Crippen LogP contribution is 2.32. The van der Waals surface area contributed by atoms with E-state index in [1.165, 1.54) is 17.2 Å². The standard InChI is InChI=1S/C18H18N6O5/c19-15-12-16(21-7-20-15)24(8-22-12)17-13(26)11(14(29-17)18(27)28)23-10(25)6-9-4-2-1-3-5-9/h1-5,7-8,11,13-14,17,26H,6H2,(H,23,25)(H,27,28)(H2,19,20,21). The van der Waals surface area contributed by atoms with Crippen molar-refractivity contribution in [2.45, 2.75) is 30.9 Å². The van der Waals surface area contributed by atoms with Crippen molar-refractivity contribution in [3.63, 3.8) is 0 Å². The molecule has 1 aliphatic rings. The monoisotopic (exact) mass is 398 g/mol. The van der Waals surface area contributed by atoms with Crippen molar-refractivity contribution in [2.24, 2.45) is 0 Å². The summed E-state index contributed by atoms with van der Waals surface area (Å²) < 4.78 is 6.92. The number of nitrogens with one attached hydrogen (secondary N) is 1. The minimum atomic E-state index is -1.45. The van der Waals surface area contributed by atoms with E-state index in [0.717, 1.165) is 5.56 Å². The molecule has 1 amide bonds. The van der Waals surface area contributed by atoms with Crippen LogP contribution >= 0.6 is 0 Å². The topological polar surface area (TPSA) is 165 Å². The van der Waals surface area contributed by atoms with Crippen molar-refractivity contribution < 1.29 is 24.5 Å². The molecule has 0 radical (unpaired) electrons. The molecule has 29 heavy (non-hydrogen) atoms. The van der Waals surface area contributed by atoms with Crippen molar-refractivity contribution >= 4 is 28.9 Å². The molecule has 4 atom stereocenters. The number of imidazole rings is 1. The largest absolute Gasteiger partial charge is 0.479 e. The summed E-state index contributed by atoms with van der Waals surface area (Å²) in [7, 11) is 0. The van der Waals surface area contributed by atoms with Crippen LogP contribution < -0.4 is 11.1 Å². The molecule has 0 bridgehead atoms. The highest BCUT2D eigenvalue weighted by molar-refractivity contribution is 5.82. The maximum absolute atomic E-state index is 12.4. The van der Waals surface area contributed by atoms with E-state index in [9.17, 15) is 19.8 Å². The van der Waals surface area contributed by atoms with Crippen LogP contribution in [0.1, 0.15) is 11.8 Å². The number of nitrogen functional groups attached to an aromatic ring is 1. The van der Waals surface area contributed by atoms with Crippen molar-refractivity contribution in [3.8, 4) is 0 Å². The third-order valence-electron chi connectivity index (χ3n) is 4.71. The molecule has 0 aliphatic carbocycles. The number of carbonyl (C=O) groups is 2. The molecule has 4 rings (SSSR count). The summed E-state index contributed by atoms with van der Waals surface area (Å²) in [6.07, 6.45) is -1.34. The molecule has 1 aliphatic heterocycles. The quantitative estimate of drug-likeness (QED) is 0.442. The fourth-order valence-electron chi connectivity index (χ4n) is 3.35. The number of hydrogen-bond donors (Lipinski definition) is 4. The zero-order valence-corrected chi connectivity index (χ0v) is 15.0. The Morgan fingerprint density at radius 1 is 1.21 bits per heavy atom. The Morgan fingerprint density at radius 2 is 1.97 bits per heavy atom. The van der Waals surface area contributed by atoms with E-state index in [-0.39, 0.29) is 17.9 Å². The molecule has 11 nitrogen and oxygen atoms in total. The maximum Gasteiger partial charge on any atom is 0.335 e.